The third-order valence-electron chi connectivity index (χ3n) is 2.64. The van der Waals surface area contributed by atoms with Crippen LogP contribution in [0, 0.1) is 12.3 Å². The van der Waals surface area contributed by atoms with E-state index < -0.39 is 18.0 Å². The number of carbonyl (C=O) groups is 2. The number of terminal acetylenes is 1. The molecule has 0 saturated carbocycles. The lowest BCUT2D eigenvalue weighted by Gasteiger charge is -2.17. The highest BCUT2D eigenvalue weighted by molar-refractivity contribution is 6.30. The molecule has 0 heterocycles. The van der Waals surface area contributed by atoms with Crippen LogP contribution in [0.1, 0.15) is 24.9 Å². The minimum absolute atomic E-state index is 0.0713. The summed E-state index contributed by atoms with van der Waals surface area (Å²) >= 11 is 5.78. The Balaban J connectivity index is 2.59. The van der Waals surface area contributed by atoms with Gasteiger partial charge in [-0.05, 0) is 24.6 Å². The van der Waals surface area contributed by atoms with Crippen LogP contribution >= 0.6 is 11.6 Å². The van der Waals surface area contributed by atoms with Gasteiger partial charge >= 0.3 is 12.0 Å². The topological polar surface area (TPSA) is 78.4 Å². The van der Waals surface area contributed by atoms with Gasteiger partial charge in [0.1, 0.15) is 6.04 Å². The number of hydrogen-bond acceptors (Lipinski definition) is 2. The molecule has 0 aliphatic heterocycles. The molecule has 1 aromatic carbocycles. The lowest BCUT2D eigenvalue weighted by molar-refractivity contribution is -0.139. The van der Waals surface area contributed by atoms with Crippen LogP contribution < -0.4 is 10.6 Å². The summed E-state index contributed by atoms with van der Waals surface area (Å²) in [6.45, 7) is 1.78. The first-order chi connectivity index (χ1) is 9.43. The second-order valence-corrected chi connectivity index (χ2v) is 4.63. The fraction of sp³-hybridized carbons (Fsp3) is 0.286. The van der Waals surface area contributed by atoms with Crippen molar-refractivity contribution in [2.75, 3.05) is 0 Å². The van der Waals surface area contributed by atoms with Crippen LogP contribution in [-0.2, 0) is 4.79 Å². The number of carboxylic acid groups (broad SMARTS) is 1. The smallest absolute Gasteiger partial charge is 0.327 e. The van der Waals surface area contributed by atoms with Gasteiger partial charge in [-0.25, -0.2) is 9.59 Å². The summed E-state index contributed by atoms with van der Waals surface area (Å²) in [7, 11) is 0. The summed E-state index contributed by atoms with van der Waals surface area (Å²) in [4.78, 5) is 22.6. The van der Waals surface area contributed by atoms with Gasteiger partial charge in [0.25, 0.3) is 0 Å². The fourth-order valence-corrected chi connectivity index (χ4v) is 1.68. The van der Waals surface area contributed by atoms with Crippen LogP contribution in [0.15, 0.2) is 24.3 Å². The Bertz CT molecular complexity index is 522. The fourth-order valence-electron chi connectivity index (χ4n) is 1.55. The Kier molecular flexibility index (Phi) is 5.88. The number of hydrogen-bond donors (Lipinski definition) is 3. The van der Waals surface area contributed by atoms with Gasteiger partial charge in [-0.15, -0.1) is 12.3 Å². The van der Waals surface area contributed by atoms with Gasteiger partial charge in [0.15, 0.2) is 0 Å². The van der Waals surface area contributed by atoms with Crippen LogP contribution in [0.3, 0.4) is 0 Å². The first-order valence-electron chi connectivity index (χ1n) is 5.92. The van der Waals surface area contributed by atoms with E-state index in [-0.39, 0.29) is 12.5 Å². The summed E-state index contributed by atoms with van der Waals surface area (Å²) in [6.07, 6.45) is 4.98. The molecule has 0 radical (unpaired) electrons. The molecule has 3 N–H and O–H groups in total. The van der Waals surface area contributed by atoms with Gasteiger partial charge in [-0.1, -0.05) is 23.7 Å². The van der Waals surface area contributed by atoms with E-state index in [1.54, 1.807) is 31.2 Å². The first-order valence-corrected chi connectivity index (χ1v) is 6.30. The second-order valence-electron chi connectivity index (χ2n) is 4.19. The maximum Gasteiger partial charge on any atom is 0.327 e. The molecule has 1 aromatic rings. The molecule has 0 saturated heterocycles. The largest absolute Gasteiger partial charge is 0.480 e. The number of urea groups is 1. The molecule has 0 fully saturated rings. The van der Waals surface area contributed by atoms with Crippen molar-refractivity contribution in [3.63, 3.8) is 0 Å². The summed E-state index contributed by atoms with van der Waals surface area (Å²) < 4.78 is 0. The van der Waals surface area contributed by atoms with Crippen LogP contribution in [0.4, 0.5) is 4.79 Å². The van der Waals surface area contributed by atoms with Gasteiger partial charge in [0.05, 0.1) is 6.04 Å². The highest BCUT2D eigenvalue weighted by Gasteiger charge is 2.19. The zero-order valence-electron chi connectivity index (χ0n) is 10.9. The van der Waals surface area contributed by atoms with Crippen LogP contribution in [-0.4, -0.2) is 23.1 Å². The zero-order valence-corrected chi connectivity index (χ0v) is 11.6. The number of amides is 2. The third kappa shape index (κ3) is 4.82. The minimum Gasteiger partial charge on any atom is -0.480 e. The van der Waals surface area contributed by atoms with Crippen molar-refractivity contribution in [3.05, 3.63) is 34.9 Å². The monoisotopic (exact) mass is 294 g/mol. The molecular weight excluding hydrogens is 280 g/mol. The van der Waals surface area contributed by atoms with Gasteiger partial charge < -0.3 is 15.7 Å². The van der Waals surface area contributed by atoms with Crippen molar-refractivity contribution in [1.29, 1.82) is 0 Å². The van der Waals surface area contributed by atoms with Crippen molar-refractivity contribution in [1.82, 2.24) is 10.6 Å². The molecule has 20 heavy (non-hydrogen) atoms. The maximum absolute atomic E-state index is 11.7. The number of aliphatic carboxylic acids is 1. The van der Waals surface area contributed by atoms with E-state index in [1.807, 2.05) is 0 Å². The van der Waals surface area contributed by atoms with Crippen molar-refractivity contribution in [3.8, 4) is 12.3 Å². The van der Waals surface area contributed by atoms with Crippen molar-refractivity contribution >= 4 is 23.6 Å². The zero-order chi connectivity index (χ0) is 15.1. The van der Waals surface area contributed by atoms with Crippen molar-refractivity contribution in [2.45, 2.75) is 25.4 Å². The molecule has 5 nitrogen and oxygen atoms in total. The molecule has 1 rings (SSSR count). The van der Waals surface area contributed by atoms with Gasteiger partial charge in [0.2, 0.25) is 0 Å². The Morgan fingerprint density at radius 3 is 2.45 bits per heavy atom. The lowest BCUT2D eigenvalue weighted by Crippen LogP contribution is -2.46. The highest BCUT2D eigenvalue weighted by atomic mass is 35.5. The van der Waals surface area contributed by atoms with E-state index in [4.69, 9.17) is 23.1 Å². The quantitative estimate of drug-likeness (QED) is 0.728. The van der Waals surface area contributed by atoms with Crippen molar-refractivity contribution < 1.29 is 14.7 Å². The van der Waals surface area contributed by atoms with Gasteiger partial charge in [-0.3, -0.25) is 0 Å². The minimum atomic E-state index is -1.17. The molecule has 2 atom stereocenters. The summed E-state index contributed by atoms with van der Waals surface area (Å²) in [5.41, 5.74) is 0.855. The van der Waals surface area contributed by atoms with Gasteiger partial charge in [0, 0.05) is 11.4 Å². The van der Waals surface area contributed by atoms with Crippen LogP contribution in [0.5, 0.6) is 0 Å². The van der Waals surface area contributed by atoms with Crippen molar-refractivity contribution in [2.24, 2.45) is 0 Å². The van der Waals surface area contributed by atoms with E-state index in [1.165, 1.54) is 0 Å². The summed E-state index contributed by atoms with van der Waals surface area (Å²) in [5.74, 6) is 1.04. The molecule has 2 unspecified atom stereocenters. The lowest BCUT2D eigenvalue weighted by atomic mass is 10.1. The number of rotatable bonds is 5. The van der Waals surface area contributed by atoms with E-state index in [0.717, 1.165) is 5.56 Å². The van der Waals surface area contributed by atoms with E-state index in [0.29, 0.717) is 5.02 Å². The molecule has 0 aliphatic carbocycles. The number of carbonyl (C=O) groups excluding carboxylic acids is 1. The Morgan fingerprint density at radius 1 is 1.35 bits per heavy atom. The van der Waals surface area contributed by atoms with E-state index in [9.17, 15) is 9.59 Å². The number of benzene rings is 1. The van der Waals surface area contributed by atoms with Gasteiger partial charge in [-0.2, -0.15) is 0 Å². The van der Waals surface area contributed by atoms with E-state index in [2.05, 4.69) is 16.6 Å². The molecule has 0 bridgehead atoms. The van der Waals surface area contributed by atoms with Crippen LogP contribution in [0.2, 0.25) is 5.02 Å². The molecule has 0 aliphatic rings. The maximum atomic E-state index is 11.7. The summed E-state index contributed by atoms with van der Waals surface area (Å²) in [5, 5.41) is 14.4. The molecule has 2 amide bonds. The molecule has 106 valence electrons. The average molecular weight is 295 g/mol. The SMILES string of the molecule is C#CCC(NC(=O)NC(C)c1ccc(Cl)cc1)C(=O)O. The Hall–Kier alpha value is -2.19. The predicted octanol–water partition coefficient (Wildman–Crippen LogP) is 2.18. The predicted molar refractivity (Wildman–Crippen MR) is 76.4 cm³/mol. The third-order valence-corrected chi connectivity index (χ3v) is 2.89. The Morgan fingerprint density at radius 2 is 1.95 bits per heavy atom. The molecule has 0 spiro atoms. The average Bonchev–Trinajstić information content (AvgIpc) is 2.38. The number of carboxylic acids is 1. The molecular formula is C14H15ClN2O3. The van der Waals surface area contributed by atoms with E-state index >= 15 is 0 Å². The Labute approximate surface area is 122 Å². The number of halogens is 1. The summed E-state index contributed by atoms with van der Waals surface area (Å²) in [6, 6.07) is 5.02. The van der Waals surface area contributed by atoms with Crippen LogP contribution in [0.25, 0.3) is 0 Å². The molecule has 6 heteroatoms. The number of nitrogens with one attached hydrogen (secondary N) is 2. The normalized spacial score (nSPS) is 12.8. The standard InChI is InChI=1S/C14H15ClN2O3/c1-3-4-12(13(18)19)17-14(20)16-9(2)10-5-7-11(15)8-6-10/h1,5-9,12H,4H2,2H3,(H,18,19)(H2,16,17,20). The molecule has 0 aromatic heterocycles. The highest BCUT2D eigenvalue weighted by Crippen LogP contribution is 2.15. The second kappa shape index (κ2) is 7.41. The first kappa shape index (κ1) is 15.9.